The van der Waals surface area contributed by atoms with Crippen LogP contribution in [0.2, 0.25) is 0 Å². The summed E-state index contributed by atoms with van der Waals surface area (Å²) in [7, 11) is 2.44. The maximum absolute atomic E-state index is 12.8. The molecule has 0 saturated carbocycles. The number of nitrogens with one attached hydrogen (secondary N) is 3. The number of anilines is 1. The molecule has 3 N–H and O–H groups in total. The zero-order chi connectivity index (χ0) is 19.6. The van der Waals surface area contributed by atoms with Gasteiger partial charge in [0.2, 0.25) is 0 Å². The van der Waals surface area contributed by atoms with Gasteiger partial charge in [-0.2, -0.15) is 0 Å². The number of carbonyl (C=O) groups is 2. The van der Waals surface area contributed by atoms with Crippen LogP contribution in [0.15, 0.2) is 30.3 Å². The van der Waals surface area contributed by atoms with Gasteiger partial charge >= 0.3 is 0 Å². The van der Waals surface area contributed by atoms with E-state index in [9.17, 15) is 9.59 Å². The molecule has 1 aliphatic heterocycles. The molecule has 0 radical (unpaired) electrons. The van der Waals surface area contributed by atoms with Crippen molar-refractivity contribution in [3.63, 3.8) is 0 Å². The number of carbonyl (C=O) groups excluding carboxylic acids is 2. The van der Waals surface area contributed by atoms with Gasteiger partial charge in [-0.1, -0.05) is 54.8 Å². The fourth-order valence-electron chi connectivity index (χ4n) is 4.33. The Balaban J connectivity index is 2.10. The summed E-state index contributed by atoms with van der Waals surface area (Å²) in [6.45, 7) is 2.00. The van der Waals surface area contributed by atoms with Crippen molar-refractivity contribution in [2.75, 3.05) is 17.4 Å². The van der Waals surface area contributed by atoms with Gasteiger partial charge in [0.15, 0.2) is 0 Å². The van der Waals surface area contributed by atoms with Crippen LogP contribution < -0.4 is 15.9 Å². The molecule has 0 aliphatic carbocycles. The van der Waals surface area contributed by atoms with Crippen LogP contribution in [0.25, 0.3) is 32.6 Å². The maximum atomic E-state index is 12.8. The van der Waals surface area contributed by atoms with E-state index in [1.54, 1.807) is 0 Å². The Morgan fingerprint density at radius 2 is 1.71 bits per heavy atom. The Bertz CT molecular complexity index is 1340. The van der Waals surface area contributed by atoms with Crippen molar-refractivity contribution in [2.24, 2.45) is 0 Å². The minimum Gasteiger partial charge on any atom is -0.387 e. The molecular weight excluding hydrogens is 437 g/mol. The van der Waals surface area contributed by atoms with Crippen LogP contribution in [-0.4, -0.2) is 28.9 Å². The molecule has 0 fully saturated rings. The van der Waals surface area contributed by atoms with Gasteiger partial charge in [-0.05, 0) is 17.8 Å². The second-order valence-electron chi connectivity index (χ2n) is 6.88. The van der Waals surface area contributed by atoms with Crippen LogP contribution in [0.3, 0.4) is 0 Å². The number of H-pyrrole nitrogens is 1. The Hall–Kier alpha value is -2.43. The van der Waals surface area contributed by atoms with Crippen molar-refractivity contribution in [1.82, 2.24) is 10.3 Å². The lowest BCUT2D eigenvalue weighted by Gasteiger charge is -2.13. The van der Waals surface area contributed by atoms with E-state index < -0.39 is 0 Å². The Morgan fingerprint density at radius 1 is 1.00 bits per heavy atom. The molecule has 0 saturated heterocycles. The zero-order valence-electron chi connectivity index (χ0n) is 15.3. The quantitative estimate of drug-likeness (QED) is 0.245. The van der Waals surface area contributed by atoms with Crippen LogP contribution in [0.4, 0.5) is 5.69 Å². The highest BCUT2D eigenvalue weighted by atomic mass is 79.9. The van der Waals surface area contributed by atoms with Gasteiger partial charge in [0, 0.05) is 39.4 Å². The number of hydrogen-bond donors (Lipinski definition) is 3. The minimum absolute atomic E-state index is 0.329. The van der Waals surface area contributed by atoms with Crippen molar-refractivity contribution in [3.8, 4) is 0 Å². The average molecular weight is 454 g/mol. The molecular formula is C21H17BrN3O2P. The van der Waals surface area contributed by atoms with Gasteiger partial charge in [0.1, 0.15) is 0 Å². The summed E-state index contributed by atoms with van der Waals surface area (Å²) >= 11 is 3.53. The van der Waals surface area contributed by atoms with E-state index in [1.165, 1.54) is 5.30 Å². The number of para-hydroxylation sites is 1. The van der Waals surface area contributed by atoms with E-state index >= 15 is 0 Å². The van der Waals surface area contributed by atoms with Crippen LogP contribution in [0.5, 0.6) is 0 Å². The fourth-order valence-corrected chi connectivity index (χ4v) is 5.97. The first kappa shape index (κ1) is 17.7. The van der Waals surface area contributed by atoms with E-state index in [4.69, 9.17) is 0 Å². The van der Waals surface area contributed by atoms with Crippen molar-refractivity contribution < 1.29 is 9.59 Å². The lowest BCUT2D eigenvalue weighted by molar-refractivity contribution is 0.0880. The smallest absolute Gasteiger partial charge is 0.259 e. The molecule has 2 amide bonds. The van der Waals surface area contributed by atoms with Gasteiger partial charge in [0.05, 0.1) is 22.2 Å². The summed E-state index contributed by atoms with van der Waals surface area (Å²) in [5.41, 5.74) is 4.78. The van der Waals surface area contributed by atoms with Gasteiger partial charge < -0.3 is 10.3 Å². The summed E-state index contributed by atoms with van der Waals surface area (Å²) < 4.78 is 0. The monoisotopic (exact) mass is 453 g/mol. The predicted octanol–water partition coefficient (Wildman–Crippen LogP) is 4.36. The molecule has 4 aromatic rings. The lowest BCUT2D eigenvalue weighted by atomic mass is 9.92. The van der Waals surface area contributed by atoms with Crippen molar-refractivity contribution in [1.29, 1.82) is 0 Å². The number of aromatic nitrogens is 1. The topological polar surface area (TPSA) is 74.0 Å². The highest BCUT2D eigenvalue weighted by molar-refractivity contribution is 9.10. The summed E-state index contributed by atoms with van der Waals surface area (Å²) in [5.74, 6) is -0.661. The predicted molar refractivity (Wildman–Crippen MR) is 121 cm³/mol. The second kappa shape index (κ2) is 6.29. The number of hydrogen-bond acceptors (Lipinski definition) is 3. The van der Waals surface area contributed by atoms with Crippen molar-refractivity contribution in [2.45, 2.75) is 6.92 Å². The Labute approximate surface area is 171 Å². The molecule has 1 aromatic heterocycles. The van der Waals surface area contributed by atoms with Crippen LogP contribution in [0.1, 0.15) is 26.3 Å². The summed E-state index contributed by atoms with van der Waals surface area (Å²) in [4.78, 5) is 29.1. The number of aromatic amines is 1. The van der Waals surface area contributed by atoms with Gasteiger partial charge in [-0.15, -0.1) is 0 Å². The normalized spacial score (nSPS) is 14.0. The number of aryl methyl sites for hydroxylation is 1. The molecule has 0 bridgehead atoms. The number of amides is 2. The minimum atomic E-state index is -0.332. The molecule has 5 nitrogen and oxygen atoms in total. The van der Waals surface area contributed by atoms with Crippen molar-refractivity contribution >= 4 is 79.9 Å². The first-order valence-corrected chi connectivity index (χ1v) is 11.3. The summed E-state index contributed by atoms with van der Waals surface area (Å²) in [6.07, 6.45) is 0. The first-order valence-electron chi connectivity index (χ1n) is 8.93. The maximum Gasteiger partial charge on any atom is 0.259 e. The third kappa shape index (κ3) is 2.22. The van der Waals surface area contributed by atoms with Crippen LogP contribution in [-0.2, 0) is 0 Å². The first-order chi connectivity index (χ1) is 13.6. The van der Waals surface area contributed by atoms with E-state index in [1.807, 2.05) is 38.2 Å². The molecule has 1 atom stereocenters. The zero-order valence-corrected chi connectivity index (χ0v) is 17.9. The van der Waals surface area contributed by atoms with E-state index in [0.29, 0.717) is 19.7 Å². The molecule has 1 aliphatic rings. The fraction of sp³-hybridized carbons (Fsp3) is 0.143. The number of halogens is 1. The highest BCUT2D eigenvalue weighted by Gasteiger charge is 2.34. The number of imide groups is 1. The molecule has 5 rings (SSSR count). The van der Waals surface area contributed by atoms with E-state index in [2.05, 4.69) is 37.6 Å². The Morgan fingerprint density at radius 3 is 2.43 bits per heavy atom. The molecule has 2 heterocycles. The summed E-state index contributed by atoms with van der Waals surface area (Å²) in [6, 6.07) is 10.2. The summed E-state index contributed by atoms with van der Waals surface area (Å²) in [5, 5.41) is 11.4. The highest BCUT2D eigenvalue weighted by Crippen LogP contribution is 2.42. The second-order valence-corrected chi connectivity index (χ2v) is 9.72. The van der Waals surface area contributed by atoms with Gasteiger partial charge in [-0.25, -0.2) is 0 Å². The van der Waals surface area contributed by atoms with Crippen LogP contribution >= 0.6 is 24.5 Å². The molecule has 7 heteroatoms. The number of alkyl halides is 1. The molecule has 0 spiro atoms. The van der Waals surface area contributed by atoms with E-state index in [-0.39, 0.29) is 11.8 Å². The van der Waals surface area contributed by atoms with Gasteiger partial charge in [-0.3, -0.25) is 14.9 Å². The largest absolute Gasteiger partial charge is 0.387 e. The number of rotatable bonds is 3. The molecule has 3 aromatic carbocycles. The Kier molecular flexibility index (Phi) is 3.97. The lowest BCUT2D eigenvalue weighted by Crippen LogP contribution is -2.20. The van der Waals surface area contributed by atoms with Crippen molar-refractivity contribution in [3.05, 3.63) is 47.0 Å². The third-order valence-electron chi connectivity index (χ3n) is 5.46. The van der Waals surface area contributed by atoms with Crippen LogP contribution in [0, 0.1) is 6.92 Å². The van der Waals surface area contributed by atoms with E-state index in [0.717, 1.165) is 48.9 Å². The van der Waals surface area contributed by atoms with Gasteiger partial charge in [0.25, 0.3) is 11.8 Å². The molecule has 1 unspecified atom stereocenters. The average Bonchev–Trinajstić information content (AvgIpc) is 3.20. The molecule has 140 valence electrons. The SMILES string of the molecule is CNc1c(C)ccc2c1c1c(c3c4cccc(PCBr)c4[nH]c23)C(=O)NC1=O. The number of fused-ring (bicyclic) bond motifs is 8. The standard InChI is InChI=1S/C21H17BrN3O2P/c1-9-6-7-11-13(17(9)23-2)15-16(21(27)25-20(15)26)14-10-4-3-5-12(28-8-22)18(10)24-19(11)14/h3-7,23-24,28H,8H2,1-2H3,(H,25,26,27). The molecule has 28 heavy (non-hydrogen) atoms. The third-order valence-corrected chi connectivity index (χ3v) is 7.23. The number of benzene rings is 3.